The van der Waals surface area contributed by atoms with Crippen LogP contribution in [-0.4, -0.2) is 19.1 Å². The molecule has 0 fully saturated rings. The van der Waals surface area contributed by atoms with E-state index >= 15 is 0 Å². The molecule has 0 aliphatic heterocycles. The lowest BCUT2D eigenvalue weighted by molar-refractivity contribution is -0.143. The fourth-order valence-electron chi connectivity index (χ4n) is 3.50. The summed E-state index contributed by atoms with van der Waals surface area (Å²) in [6.07, 6.45) is 3.74. The molecule has 1 aromatic rings. The quantitative estimate of drug-likeness (QED) is 0.540. The average molecular weight is 329 g/mol. The van der Waals surface area contributed by atoms with Crippen molar-refractivity contribution < 1.29 is 9.53 Å². The molecule has 1 aromatic carbocycles. The second-order valence-corrected chi connectivity index (χ2v) is 6.97. The monoisotopic (exact) mass is 329 g/mol. The van der Waals surface area contributed by atoms with Crippen LogP contribution in [0.15, 0.2) is 35.4 Å². The molecule has 2 rings (SSSR count). The minimum atomic E-state index is -0.121. The molecule has 0 saturated carbocycles. The number of ether oxygens (including phenoxy) is 1. The molecule has 0 aromatic heterocycles. The van der Waals surface area contributed by atoms with Crippen molar-refractivity contribution in [2.75, 3.05) is 18.5 Å². The van der Waals surface area contributed by atoms with Gasteiger partial charge in [0.2, 0.25) is 0 Å². The molecular weight excluding hydrogens is 298 g/mol. The molecule has 0 saturated heterocycles. The van der Waals surface area contributed by atoms with E-state index < -0.39 is 0 Å². The van der Waals surface area contributed by atoms with Gasteiger partial charge in [0.25, 0.3) is 0 Å². The first kappa shape index (κ1) is 18.6. The Kier molecular flexibility index (Phi) is 6.89. The zero-order valence-electron chi connectivity index (χ0n) is 15.5. The second kappa shape index (κ2) is 8.91. The lowest BCUT2D eigenvalue weighted by Gasteiger charge is -2.22. The van der Waals surface area contributed by atoms with Crippen LogP contribution in [0.1, 0.15) is 52.5 Å². The van der Waals surface area contributed by atoms with Crippen LogP contribution in [0.5, 0.6) is 0 Å². The topological polar surface area (TPSA) is 38.3 Å². The Morgan fingerprint density at radius 3 is 2.58 bits per heavy atom. The summed E-state index contributed by atoms with van der Waals surface area (Å²) in [6.45, 7) is 10.2. The fourth-order valence-corrected chi connectivity index (χ4v) is 3.50. The van der Waals surface area contributed by atoms with Crippen LogP contribution in [0, 0.1) is 11.8 Å². The van der Waals surface area contributed by atoms with Crippen molar-refractivity contribution >= 4 is 11.7 Å². The van der Waals surface area contributed by atoms with E-state index in [1.54, 1.807) is 11.1 Å². The van der Waals surface area contributed by atoms with Crippen LogP contribution in [0.25, 0.3) is 0 Å². The molecule has 2 atom stereocenters. The Morgan fingerprint density at radius 1 is 1.29 bits per heavy atom. The van der Waals surface area contributed by atoms with E-state index in [9.17, 15) is 4.79 Å². The van der Waals surface area contributed by atoms with E-state index in [1.165, 1.54) is 18.4 Å². The Bertz CT molecular complexity index is 574. The van der Waals surface area contributed by atoms with Gasteiger partial charge < -0.3 is 10.1 Å². The zero-order valence-corrected chi connectivity index (χ0v) is 15.5. The van der Waals surface area contributed by atoms with Crippen LogP contribution in [-0.2, 0) is 16.0 Å². The molecule has 132 valence electrons. The van der Waals surface area contributed by atoms with Gasteiger partial charge in [-0.2, -0.15) is 0 Å². The van der Waals surface area contributed by atoms with E-state index in [0.29, 0.717) is 18.9 Å². The smallest absolute Gasteiger partial charge is 0.306 e. The summed E-state index contributed by atoms with van der Waals surface area (Å²) >= 11 is 0. The van der Waals surface area contributed by atoms with Gasteiger partial charge in [0.15, 0.2) is 0 Å². The van der Waals surface area contributed by atoms with E-state index in [1.807, 2.05) is 6.92 Å². The highest BCUT2D eigenvalue weighted by molar-refractivity contribution is 5.69. The molecule has 1 N–H and O–H groups in total. The van der Waals surface area contributed by atoms with Crippen LogP contribution < -0.4 is 5.32 Å². The number of hydrogen-bond donors (Lipinski definition) is 1. The maximum Gasteiger partial charge on any atom is 0.306 e. The third kappa shape index (κ3) is 5.12. The van der Waals surface area contributed by atoms with Gasteiger partial charge in [-0.1, -0.05) is 30.2 Å². The molecule has 1 aliphatic carbocycles. The Hall–Kier alpha value is -1.77. The van der Waals surface area contributed by atoms with E-state index in [0.717, 1.165) is 24.6 Å². The van der Waals surface area contributed by atoms with Gasteiger partial charge in [0.05, 0.1) is 6.61 Å². The highest BCUT2D eigenvalue weighted by Gasteiger charge is 2.24. The van der Waals surface area contributed by atoms with Crippen molar-refractivity contribution in [2.45, 2.75) is 53.4 Å². The first-order chi connectivity index (χ1) is 11.5. The maximum atomic E-state index is 11.4. The van der Waals surface area contributed by atoms with Gasteiger partial charge >= 0.3 is 5.97 Å². The minimum Gasteiger partial charge on any atom is -0.466 e. The van der Waals surface area contributed by atoms with Gasteiger partial charge in [-0.15, -0.1) is 0 Å². The number of carbonyl (C=O) groups is 1. The molecule has 24 heavy (non-hydrogen) atoms. The highest BCUT2D eigenvalue weighted by atomic mass is 16.5. The van der Waals surface area contributed by atoms with Crippen molar-refractivity contribution in [1.82, 2.24) is 0 Å². The molecule has 3 heteroatoms. The summed E-state index contributed by atoms with van der Waals surface area (Å²) < 4.78 is 4.96. The van der Waals surface area contributed by atoms with Crippen molar-refractivity contribution in [2.24, 2.45) is 11.8 Å². The zero-order chi connectivity index (χ0) is 17.5. The molecule has 2 unspecified atom stereocenters. The minimum absolute atomic E-state index is 0.121. The summed E-state index contributed by atoms with van der Waals surface area (Å²) in [4.78, 5) is 11.4. The molecule has 0 bridgehead atoms. The van der Waals surface area contributed by atoms with Crippen molar-refractivity contribution in [3.63, 3.8) is 0 Å². The Labute approximate surface area is 146 Å². The highest BCUT2D eigenvalue weighted by Crippen LogP contribution is 2.36. The third-order valence-electron chi connectivity index (χ3n) is 5.25. The van der Waals surface area contributed by atoms with Crippen molar-refractivity contribution in [3.8, 4) is 0 Å². The summed E-state index contributed by atoms with van der Waals surface area (Å²) in [6, 6.07) is 8.40. The first-order valence-corrected chi connectivity index (χ1v) is 9.16. The SMILES string of the molecule is CCOC(=O)CCc1ccc(NCC(C)C2CCC(C)=C2C)cc1. The number of nitrogens with one attached hydrogen (secondary N) is 1. The van der Waals surface area contributed by atoms with Crippen LogP contribution in [0.2, 0.25) is 0 Å². The number of rotatable bonds is 8. The van der Waals surface area contributed by atoms with E-state index in [2.05, 4.69) is 50.4 Å². The van der Waals surface area contributed by atoms with Crippen LogP contribution >= 0.6 is 0 Å². The largest absolute Gasteiger partial charge is 0.466 e. The molecule has 1 aliphatic rings. The van der Waals surface area contributed by atoms with Gasteiger partial charge in [-0.25, -0.2) is 0 Å². The summed E-state index contributed by atoms with van der Waals surface area (Å²) in [5.74, 6) is 1.25. The fraction of sp³-hybridized carbons (Fsp3) is 0.571. The molecule has 0 radical (unpaired) electrons. The normalized spacial score (nSPS) is 18.6. The van der Waals surface area contributed by atoms with Crippen LogP contribution in [0.4, 0.5) is 5.69 Å². The molecule has 0 spiro atoms. The van der Waals surface area contributed by atoms with Crippen LogP contribution in [0.3, 0.4) is 0 Å². The molecule has 0 heterocycles. The number of benzene rings is 1. The van der Waals surface area contributed by atoms with E-state index in [4.69, 9.17) is 4.74 Å². The van der Waals surface area contributed by atoms with Gasteiger partial charge in [0, 0.05) is 18.7 Å². The number of esters is 1. The predicted octanol–water partition coefficient (Wildman–Crippen LogP) is 4.98. The van der Waals surface area contributed by atoms with E-state index in [-0.39, 0.29) is 5.97 Å². The molecule has 0 amide bonds. The third-order valence-corrected chi connectivity index (χ3v) is 5.25. The van der Waals surface area contributed by atoms with Crippen molar-refractivity contribution in [1.29, 1.82) is 0 Å². The van der Waals surface area contributed by atoms with Gasteiger partial charge in [-0.05, 0) is 69.6 Å². The first-order valence-electron chi connectivity index (χ1n) is 9.16. The second-order valence-electron chi connectivity index (χ2n) is 6.97. The lowest BCUT2D eigenvalue weighted by Crippen LogP contribution is -2.19. The van der Waals surface area contributed by atoms with Gasteiger partial charge in [0.1, 0.15) is 0 Å². The number of carbonyl (C=O) groups excluding carboxylic acids is 1. The summed E-state index contributed by atoms with van der Waals surface area (Å²) in [5, 5.41) is 3.55. The number of anilines is 1. The number of aryl methyl sites for hydroxylation is 1. The Morgan fingerprint density at radius 2 is 2.00 bits per heavy atom. The Balaban J connectivity index is 1.78. The standard InChI is InChI=1S/C21H31NO2/c1-5-24-21(23)13-9-18-7-10-19(11-8-18)22-14-16(3)20-12-6-15(2)17(20)4/h7-8,10-11,16,20,22H,5-6,9,12-14H2,1-4H3. The number of hydrogen-bond acceptors (Lipinski definition) is 3. The number of allylic oxidation sites excluding steroid dienone is 2. The predicted molar refractivity (Wildman–Crippen MR) is 100 cm³/mol. The lowest BCUT2D eigenvalue weighted by atomic mass is 9.88. The molecular formula is C21H31NO2. The van der Waals surface area contributed by atoms with Crippen molar-refractivity contribution in [3.05, 3.63) is 41.0 Å². The average Bonchev–Trinajstić information content (AvgIpc) is 2.91. The van der Waals surface area contributed by atoms with Gasteiger partial charge in [-0.3, -0.25) is 4.79 Å². The molecule has 3 nitrogen and oxygen atoms in total. The maximum absolute atomic E-state index is 11.4. The summed E-state index contributed by atoms with van der Waals surface area (Å²) in [5.41, 5.74) is 5.50. The summed E-state index contributed by atoms with van der Waals surface area (Å²) in [7, 11) is 0.